The molecule has 0 saturated heterocycles. The Bertz CT molecular complexity index is 516. The lowest BCUT2D eigenvalue weighted by Gasteiger charge is -2.22. The van der Waals surface area contributed by atoms with Crippen LogP contribution in [0, 0.1) is 10.1 Å². The monoisotopic (exact) mass is 297 g/mol. The predicted molar refractivity (Wildman–Crippen MR) is 77.1 cm³/mol. The second-order valence-electron chi connectivity index (χ2n) is 4.85. The van der Waals surface area contributed by atoms with Crippen molar-refractivity contribution in [2.45, 2.75) is 38.1 Å². The van der Waals surface area contributed by atoms with E-state index in [1.165, 1.54) is 24.6 Å². The first-order valence-electron chi connectivity index (χ1n) is 6.58. The summed E-state index contributed by atoms with van der Waals surface area (Å²) >= 11 is 5.72. The van der Waals surface area contributed by atoms with Gasteiger partial charge in [0.15, 0.2) is 0 Å². The van der Waals surface area contributed by atoms with Crippen molar-refractivity contribution in [3.63, 3.8) is 0 Å². The zero-order valence-electron chi connectivity index (χ0n) is 10.9. The van der Waals surface area contributed by atoms with Crippen molar-refractivity contribution >= 4 is 29.0 Å². The summed E-state index contributed by atoms with van der Waals surface area (Å²) in [4.78, 5) is 22.2. The van der Waals surface area contributed by atoms with Crippen molar-refractivity contribution < 1.29 is 9.72 Å². The lowest BCUT2D eigenvalue weighted by molar-refractivity contribution is -0.383. The number of carbonyl (C=O) groups excluding carboxylic acids is 1. The molecule has 0 atom stereocenters. The Morgan fingerprint density at radius 3 is 2.65 bits per heavy atom. The molecule has 0 aromatic heterocycles. The summed E-state index contributed by atoms with van der Waals surface area (Å²) in [7, 11) is 0. The molecular weight excluding hydrogens is 282 g/mol. The van der Waals surface area contributed by atoms with Crippen molar-refractivity contribution in [3.05, 3.63) is 33.3 Å². The number of urea groups is 1. The van der Waals surface area contributed by atoms with Gasteiger partial charge in [-0.2, -0.15) is 0 Å². The molecule has 0 unspecified atom stereocenters. The summed E-state index contributed by atoms with van der Waals surface area (Å²) < 4.78 is 0. The first kappa shape index (κ1) is 14.6. The Hall–Kier alpha value is -1.82. The Morgan fingerprint density at radius 2 is 2.00 bits per heavy atom. The van der Waals surface area contributed by atoms with Crippen molar-refractivity contribution in [2.24, 2.45) is 0 Å². The fourth-order valence-corrected chi connectivity index (χ4v) is 2.52. The molecule has 1 aliphatic rings. The van der Waals surface area contributed by atoms with E-state index in [4.69, 9.17) is 11.6 Å². The molecule has 6 nitrogen and oxygen atoms in total. The van der Waals surface area contributed by atoms with Gasteiger partial charge in [0, 0.05) is 17.1 Å². The number of halogens is 1. The maximum atomic E-state index is 11.9. The van der Waals surface area contributed by atoms with Crippen molar-refractivity contribution in [2.75, 3.05) is 5.32 Å². The molecule has 1 saturated carbocycles. The van der Waals surface area contributed by atoms with E-state index in [9.17, 15) is 14.9 Å². The van der Waals surface area contributed by atoms with E-state index in [1.807, 2.05) is 0 Å². The predicted octanol–water partition coefficient (Wildman–Crippen LogP) is 3.70. The van der Waals surface area contributed by atoms with Gasteiger partial charge in [0.25, 0.3) is 5.69 Å². The second-order valence-corrected chi connectivity index (χ2v) is 5.29. The molecule has 7 heteroatoms. The minimum absolute atomic E-state index is 0.146. The molecule has 2 amide bonds. The molecule has 1 aromatic carbocycles. The standard InChI is InChI=1S/C13H16ClN3O3/c14-9-6-7-11(12(8-9)17(19)20)16-13(18)15-10-4-2-1-3-5-10/h6-8,10H,1-5H2,(H2,15,16,18). The number of nitro benzene ring substituents is 1. The van der Waals surface area contributed by atoms with Gasteiger partial charge in [-0.05, 0) is 25.0 Å². The van der Waals surface area contributed by atoms with Crippen molar-refractivity contribution in [1.29, 1.82) is 0 Å². The zero-order valence-corrected chi connectivity index (χ0v) is 11.7. The number of nitrogens with zero attached hydrogens (tertiary/aromatic N) is 1. The highest BCUT2D eigenvalue weighted by atomic mass is 35.5. The highest BCUT2D eigenvalue weighted by Crippen LogP contribution is 2.27. The molecule has 0 heterocycles. The normalized spacial score (nSPS) is 15.7. The molecule has 1 aliphatic carbocycles. The summed E-state index contributed by atoms with van der Waals surface area (Å²) in [5, 5.41) is 16.5. The van der Waals surface area contributed by atoms with Gasteiger partial charge in [-0.3, -0.25) is 10.1 Å². The number of amides is 2. The van der Waals surface area contributed by atoms with Gasteiger partial charge in [0.2, 0.25) is 0 Å². The van der Waals surface area contributed by atoms with Crippen LogP contribution in [0.4, 0.5) is 16.2 Å². The summed E-state index contributed by atoms with van der Waals surface area (Å²) in [5.74, 6) is 0. The van der Waals surface area contributed by atoms with Gasteiger partial charge < -0.3 is 10.6 Å². The van der Waals surface area contributed by atoms with Gasteiger partial charge in [-0.1, -0.05) is 30.9 Å². The molecule has 20 heavy (non-hydrogen) atoms. The zero-order chi connectivity index (χ0) is 14.5. The van der Waals surface area contributed by atoms with Crippen LogP contribution in [-0.2, 0) is 0 Å². The average Bonchev–Trinajstić information content (AvgIpc) is 2.41. The van der Waals surface area contributed by atoms with Crippen LogP contribution < -0.4 is 10.6 Å². The molecule has 1 fully saturated rings. The third-order valence-corrected chi connectivity index (χ3v) is 3.58. The molecular formula is C13H16ClN3O3. The van der Waals surface area contributed by atoms with Crippen LogP contribution in [0.2, 0.25) is 5.02 Å². The van der Waals surface area contributed by atoms with Crippen LogP contribution in [0.25, 0.3) is 0 Å². The first-order chi connectivity index (χ1) is 9.56. The number of rotatable bonds is 3. The van der Waals surface area contributed by atoms with Crippen LogP contribution in [0.5, 0.6) is 0 Å². The van der Waals surface area contributed by atoms with E-state index in [1.54, 1.807) is 0 Å². The van der Waals surface area contributed by atoms with Crippen LogP contribution >= 0.6 is 11.6 Å². The third kappa shape index (κ3) is 3.84. The number of carbonyl (C=O) groups is 1. The van der Waals surface area contributed by atoms with Gasteiger partial charge in [-0.25, -0.2) is 4.79 Å². The van der Waals surface area contributed by atoms with Crippen LogP contribution in [-0.4, -0.2) is 17.0 Å². The fraction of sp³-hybridized carbons (Fsp3) is 0.462. The lowest BCUT2D eigenvalue weighted by atomic mass is 9.96. The van der Waals surface area contributed by atoms with Crippen LogP contribution in [0.1, 0.15) is 32.1 Å². The highest BCUT2D eigenvalue weighted by Gasteiger charge is 2.19. The molecule has 0 radical (unpaired) electrons. The van der Waals surface area contributed by atoms with Crippen molar-refractivity contribution in [1.82, 2.24) is 5.32 Å². The smallest absolute Gasteiger partial charge is 0.319 e. The minimum Gasteiger partial charge on any atom is -0.335 e. The minimum atomic E-state index is -0.567. The van der Waals surface area contributed by atoms with Gasteiger partial charge in [0.05, 0.1) is 4.92 Å². The molecule has 1 aromatic rings. The molecule has 0 bridgehead atoms. The number of nitrogens with one attached hydrogen (secondary N) is 2. The summed E-state index contributed by atoms with van der Waals surface area (Å²) in [6.07, 6.45) is 5.31. The van der Waals surface area contributed by atoms with Gasteiger partial charge in [-0.15, -0.1) is 0 Å². The number of hydrogen-bond acceptors (Lipinski definition) is 3. The molecule has 108 valence electrons. The van der Waals surface area contributed by atoms with E-state index in [0.717, 1.165) is 25.7 Å². The highest BCUT2D eigenvalue weighted by molar-refractivity contribution is 6.31. The molecule has 2 rings (SSSR count). The Kier molecular flexibility index (Phi) is 4.79. The quantitative estimate of drug-likeness (QED) is 0.659. The largest absolute Gasteiger partial charge is 0.335 e. The molecule has 2 N–H and O–H groups in total. The Balaban J connectivity index is 2.01. The topological polar surface area (TPSA) is 84.3 Å². The number of nitro groups is 1. The fourth-order valence-electron chi connectivity index (χ4n) is 2.35. The van der Waals surface area contributed by atoms with Gasteiger partial charge >= 0.3 is 6.03 Å². The van der Waals surface area contributed by atoms with E-state index >= 15 is 0 Å². The van der Waals surface area contributed by atoms with Crippen molar-refractivity contribution in [3.8, 4) is 0 Å². The van der Waals surface area contributed by atoms with E-state index in [2.05, 4.69) is 10.6 Å². The Labute approximate surface area is 121 Å². The molecule has 0 aliphatic heterocycles. The summed E-state index contributed by atoms with van der Waals surface area (Å²) in [6.45, 7) is 0. The van der Waals surface area contributed by atoms with Crippen LogP contribution in [0.3, 0.4) is 0 Å². The summed E-state index contributed by atoms with van der Waals surface area (Å²) in [5.41, 5.74) is -0.0657. The third-order valence-electron chi connectivity index (χ3n) is 3.35. The maximum absolute atomic E-state index is 11.9. The average molecular weight is 298 g/mol. The van der Waals surface area contributed by atoms with E-state index in [0.29, 0.717) is 0 Å². The van der Waals surface area contributed by atoms with E-state index < -0.39 is 11.0 Å². The van der Waals surface area contributed by atoms with E-state index in [-0.39, 0.29) is 22.4 Å². The number of anilines is 1. The number of hydrogen-bond donors (Lipinski definition) is 2. The summed E-state index contributed by atoms with van der Waals surface area (Å²) in [6, 6.07) is 3.89. The SMILES string of the molecule is O=C(Nc1ccc(Cl)cc1[N+](=O)[O-])NC1CCCCC1. The lowest BCUT2D eigenvalue weighted by Crippen LogP contribution is -2.39. The first-order valence-corrected chi connectivity index (χ1v) is 6.95. The van der Waals surface area contributed by atoms with Gasteiger partial charge in [0.1, 0.15) is 5.69 Å². The second kappa shape index (κ2) is 6.56. The Morgan fingerprint density at radius 1 is 1.30 bits per heavy atom. The number of benzene rings is 1. The van der Waals surface area contributed by atoms with Crippen LogP contribution in [0.15, 0.2) is 18.2 Å². The molecule has 0 spiro atoms. The maximum Gasteiger partial charge on any atom is 0.319 e.